The van der Waals surface area contributed by atoms with Crippen LogP contribution in [0.2, 0.25) is 0 Å². The van der Waals surface area contributed by atoms with Gasteiger partial charge in [-0.05, 0) is 41.9 Å². The van der Waals surface area contributed by atoms with Crippen molar-refractivity contribution < 1.29 is 9.90 Å². The molecule has 2 atom stereocenters. The van der Waals surface area contributed by atoms with Gasteiger partial charge in [0.05, 0.1) is 0 Å². The standard InChI is InChI=1S/C18H36O2/c1-8-10-17(4,5)13-18(6,7)15(9-2)11-14(3)12-16(19)20/h14-15H,8-13H2,1-7H3,(H,19,20). The summed E-state index contributed by atoms with van der Waals surface area (Å²) in [5.74, 6) is 0.204. The minimum atomic E-state index is -0.670. The summed E-state index contributed by atoms with van der Waals surface area (Å²) in [4.78, 5) is 10.8. The van der Waals surface area contributed by atoms with Crippen LogP contribution in [0.3, 0.4) is 0 Å². The van der Waals surface area contributed by atoms with Gasteiger partial charge in [-0.3, -0.25) is 4.79 Å². The maximum absolute atomic E-state index is 10.8. The third-order valence-corrected chi connectivity index (χ3v) is 4.67. The molecule has 0 bridgehead atoms. The van der Waals surface area contributed by atoms with Crippen LogP contribution in [0.4, 0.5) is 0 Å². The summed E-state index contributed by atoms with van der Waals surface area (Å²) in [7, 11) is 0. The molecule has 1 N–H and O–H groups in total. The van der Waals surface area contributed by atoms with Crippen molar-refractivity contribution in [2.45, 2.75) is 87.0 Å². The van der Waals surface area contributed by atoms with Gasteiger partial charge in [-0.1, -0.05) is 61.3 Å². The summed E-state index contributed by atoms with van der Waals surface area (Å²) >= 11 is 0. The van der Waals surface area contributed by atoms with Crippen molar-refractivity contribution in [3.05, 3.63) is 0 Å². The lowest BCUT2D eigenvalue weighted by atomic mass is 9.64. The lowest BCUT2D eigenvalue weighted by Crippen LogP contribution is -2.31. The van der Waals surface area contributed by atoms with Gasteiger partial charge >= 0.3 is 5.97 Å². The summed E-state index contributed by atoms with van der Waals surface area (Å²) in [6.45, 7) is 16.0. The smallest absolute Gasteiger partial charge is 0.303 e. The highest BCUT2D eigenvalue weighted by atomic mass is 16.4. The first kappa shape index (κ1) is 19.5. The fourth-order valence-corrected chi connectivity index (χ4v) is 4.05. The van der Waals surface area contributed by atoms with Gasteiger partial charge in [-0.25, -0.2) is 0 Å². The van der Waals surface area contributed by atoms with E-state index < -0.39 is 5.97 Å². The average molecular weight is 284 g/mol. The maximum Gasteiger partial charge on any atom is 0.303 e. The highest BCUT2D eigenvalue weighted by molar-refractivity contribution is 5.66. The third kappa shape index (κ3) is 7.31. The van der Waals surface area contributed by atoms with Crippen LogP contribution >= 0.6 is 0 Å². The Balaban J connectivity index is 4.71. The summed E-state index contributed by atoms with van der Waals surface area (Å²) in [5, 5.41) is 8.93. The molecule has 0 saturated carbocycles. The number of rotatable bonds is 10. The van der Waals surface area contributed by atoms with Crippen molar-refractivity contribution >= 4 is 5.97 Å². The molecular formula is C18H36O2. The molecule has 2 nitrogen and oxygen atoms in total. The van der Waals surface area contributed by atoms with Crippen LogP contribution in [0.15, 0.2) is 0 Å². The quantitative estimate of drug-likeness (QED) is 0.554. The molecule has 0 aliphatic carbocycles. The number of carboxylic acid groups (broad SMARTS) is 1. The molecule has 0 amide bonds. The number of hydrogen-bond donors (Lipinski definition) is 1. The van der Waals surface area contributed by atoms with Crippen molar-refractivity contribution in [1.29, 1.82) is 0 Å². The Kier molecular flexibility index (Phi) is 7.83. The van der Waals surface area contributed by atoms with Crippen LogP contribution in [0.1, 0.15) is 87.0 Å². The van der Waals surface area contributed by atoms with Gasteiger partial charge in [0.25, 0.3) is 0 Å². The summed E-state index contributed by atoms with van der Waals surface area (Å²) in [5.41, 5.74) is 0.655. The lowest BCUT2D eigenvalue weighted by molar-refractivity contribution is -0.138. The number of carboxylic acids is 1. The molecule has 0 saturated heterocycles. The van der Waals surface area contributed by atoms with Crippen molar-refractivity contribution in [2.24, 2.45) is 22.7 Å². The molecule has 2 unspecified atom stereocenters. The molecule has 0 aromatic rings. The molecule has 0 aliphatic rings. The Morgan fingerprint density at radius 1 is 1.15 bits per heavy atom. The fourth-order valence-electron chi connectivity index (χ4n) is 4.05. The Labute approximate surface area is 126 Å². The van der Waals surface area contributed by atoms with Gasteiger partial charge in [0.2, 0.25) is 0 Å². The van der Waals surface area contributed by atoms with Crippen LogP contribution in [0, 0.1) is 22.7 Å². The van der Waals surface area contributed by atoms with Crippen molar-refractivity contribution in [3.8, 4) is 0 Å². The molecular weight excluding hydrogens is 248 g/mol. The molecule has 0 aromatic carbocycles. The summed E-state index contributed by atoms with van der Waals surface area (Å²) in [6, 6.07) is 0. The second kappa shape index (κ2) is 8.05. The van der Waals surface area contributed by atoms with Gasteiger partial charge in [0.1, 0.15) is 0 Å². The highest BCUT2D eigenvalue weighted by Gasteiger charge is 2.34. The van der Waals surface area contributed by atoms with E-state index in [2.05, 4.69) is 48.5 Å². The Morgan fingerprint density at radius 2 is 1.70 bits per heavy atom. The summed E-state index contributed by atoms with van der Waals surface area (Å²) in [6.07, 6.45) is 6.17. The fraction of sp³-hybridized carbons (Fsp3) is 0.944. The predicted molar refractivity (Wildman–Crippen MR) is 86.9 cm³/mol. The van der Waals surface area contributed by atoms with E-state index in [0.717, 1.165) is 12.8 Å². The second-order valence-electron chi connectivity index (χ2n) is 8.12. The lowest BCUT2D eigenvalue weighted by Gasteiger charge is -2.41. The highest BCUT2D eigenvalue weighted by Crippen LogP contribution is 2.45. The zero-order valence-corrected chi connectivity index (χ0v) is 14.8. The Morgan fingerprint density at radius 3 is 2.10 bits per heavy atom. The molecule has 0 radical (unpaired) electrons. The number of aliphatic carboxylic acids is 1. The molecule has 2 heteroatoms. The Bertz CT molecular complexity index is 292. The summed E-state index contributed by atoms with van der Waals surface area (Å²) < 4.78 is 0. The van der Waals surface area contributed by atoms with E-state index in [1.807, 2.05) is 0 Å². The SMILES string of the molecule is CCCC(C)(C)CC(C)(C)C(CC)CC(C)CC(=O)O. The molecule has 0 rings (SSSR count). The van der Waals surface area contributed by atoms with E-state index in [0.29, 0.717) is 17.8 Å². The minimum absolute atomic E-state index is 0.269. The van der Waals surface area contributed by atoms with Crippen molar-refractivity contribution in [1.82, 2.24) is 0 Å². The van der Waals surface area contributed by atoms with Crippen LogP contribution in [0.5, 0.6) is 0 Å². The number of hydrogen-bond acceptors (Lipinski definition) is 1. The second-order valence-corrected chi connectivity index (χ2v) is 8.12. The molecule has 20 heavy (non-hydrogen) atoms. The van der Waals surface area contributed by atoms with E-state index in [9.17, 15) is 4.79 Å². The average Bonchev–Trinajstić information content (AvgIpc) is 2.22. The van der Waals surface area contributed by atoms with Crippen LogP contribution in [0.25, 0.3) is 0 Å². The van der Waals surface area contributed by atoms with E-state index >= 15 is 0 Å². The van der Waals surface area contributed by atoms with E-state index in [4.69, 9.17) is 5.11 Å². The monoisotopic (exact) mass is 284 g/mol. The first-order valence-corrected chi connectivity index (χ1v) is 8.26. The van der Waals surface area contributed by atoms with Crippen LogP contribution in [-0.2, 0) is 4.79 Å². The van der Waals surface area contributed by atoms with Crippen molar-refractivity contribution in [2.75, 3.05) is 0 Å². The van der Waals surface area contributed by atoms with Gasteiger partial charge in [0, 0.05) is 6.42 Å². The van der Waals surface area contributed by atoms with E-state index in [1.54, 1.807) is 0 Å². The molecule has 0 heterocycles. The van der Waals surface area contributed by atoms with Crippen LogP contribution < -0.4 is 0 Å². The molecule has 0 aliphatic heterocycles. The van der Waals surface area contributed by atoms with Gasteiger partial charge < -0.3 is 5.11 Å². The molecule has 120 valence electrons. The van der Waals surface area contributed by atoms with Gasteiger partial charge in [-0.2, -0.15) is 0 Å². The molecule has 0 spiro atoms. The molecule has 0 aromatic heterocycles. The van der Waals surface area contributed by atoms with Gasteiger partial charge in [0.15, 0.2) is 0 Å². The first-order chi connectivity index (χ1) is 9.04. The largest absolute Gasteiger partial charge is 0.481 e. The van der Waals surface area contributed by atoms with Crippen molar-refractivity contribution in [3.63, 3.8) is 0 Å². The zero-order chi connectivity index (χ0) is 16.0. The predicted octanol–water partition coefficient (Wildman–Crippen LogP) is 5.76. The first-order valence-electron chi connectivity index (χ1n) is 8.26. The zero-order valence-electron chi connectivity index (χ0n) is 14.8. The molecule has 0 fully saturated rings. The van der Waals surface area contributed by atoms with Crippen LogP contribution in [-0.4, -0.2) is 11.1 Å². The Hall–Kier alpha value is -0.530. The number of carbonyl (C=O) groups is 1. The maximum atomic E-state index is 10.8. The normalized spacial score (nSPS) is 15.9. The third-order valence-electron chi connectivity index (χ3n) is 4.67. The van der Waals surface area contributed by atoms with E-state index in [-0.39, 0.29) is 11.3 Å². The van der Waals surface area contributed by atoms with Gasteiger partial charge in [-0.15, -0.1) is 0 Å². The topological polar surface area (TPSA) is 37.3 Å². The minimum Gasteiger partial charge on any atom is -0.481 e. The van der Waals surface area contributed by atoms with E-state index in [1.165, 1.54) is 19.3 Å².